The molecule has 0 spiro atoms. The van der Waals surface area contributed by atoms with E-state index in [0.29, 0.717) is 11.0 Å². The minimum Gasteiger partial charge on any atom is -0.505 e. The number of aromatic carboxylic acids is 1. The number of pyridine rings is 1. The van der Waals surface area contributed by atoms with Gasteiger partial charge in [-0.15, -0.1) is 0 Å². The van der Waals surface area contributed by atoms with E-state index < -0.39 is 17.3 Å². The summed E-state index contributed by atoms with van der Waals surface area (Å²) in [5, 5.41) is 20.0. The normalized spacial score (nSPS) is 11.3. The van der Waals surface area contributed by atoms with Gasteiger partial charge >= 0.3 is 5.97 Å². The van der Waals surface area contributed by atoms with Crippen molar-refractivity contribution in [2.24, 2.45) is 14.1 Å². The van der Waals surface area contributed by atoms with Crippen molar-refractivity contribution in [2.45, 2.75) is 0 Å². The summed E-state index contributed by atoms with van der Waals surface area (Å²) < 4.78 is 2.75. The van der Waals surface area contributed by atoms with Crippen LogP contribution >= 0.6 is 0 Å². The van der Waals surface area contributed by atoms with Gasteiger partial charge in [0.25, 0.3) is 5.56 Å². The molecule has 0 fully saturated rings. The number of hydrogen-bond donors (Lipinski definition) is 2. The number of carbonyl (C=O) groups is 1. The summed E-state index contributed by atoms with van der Waals surface area (Å²) in [6.45, 7) is 0. The minimum absolute atomic E-state index is 0.0334. The second-order valence-corrected chi connectivity index (χ2v) is 4.67. The summed E-state index contributed by atoms with van der Waals surface area (Å²) in [4.78, 5) is 23.6. The zero-order valence-corrected chi connectivity index (χ0v) is 10.9. The third-order valence-electron chi connectivity index (χ3n) is 3.61. The van der Waals surface area contributed by atoms with Crippen LogP contribution in [0.2, 0.25) is 0 Å². The summed E-state index contributed by atoms with van der Waals surface area (Å²) >= 11 is 0. The van der Waals surface area contributed by atoms with Crippen LogP contribution in [0, 0.1) is 0 Å². The first-order valence-electron chi connectivity index (χ1n) is 5.97. The molecule has 2 aromatic heterocycles. The highest BCUT2D eigenvalue weighted by Crippen LogP contribution is 2.33. The number of rotatable bonds is 1. The average molecular weight is 272 g/mol. The average Bonchev–Trinajstić information content (AvgIpc) is 2.68. The number of fused-ring (bicyclic) bond motifs is 3. The Labute approximate surface area is 113 Å². The van der Waals surface area contributed by atoms with Gasteiger partial charge in [0.05, 0.1) is 11.0 Å². The van der Waals surface area contributed by atoms with Crippen LogP contribution in [0.3, 0.4) is 0 Å². The fourth-order valence-electron chi connectivity index (χ4n) is 2.68. The van der Waals surface area contributed by atoms with Crippen molar-refractivity contribution >= 4 is 27.8 Å². The van der Waals surface area contributed by atoms with Crippen LogP contribution in [-0.2, 0) is 14.1 Å². The molecule has 0 aliphatic heterocycles. The highest BCUT2D eigenvalue weighted by Gasteiger charge is 2.24. The fraction of sp³-hybridized carbons (Fsp3) is 0.143. The number of aryl methyl sites for hydroxylation is 2. The molecular weight excluding hydrogens is 260 g/mol. The van der Waals surface area contributed by atoms with E-state index in [0.717, 1.165) is 5.39 Å². The van der Waals surface area contributed by atoms with Crippen LogP contribution in [0.25, 0.3) is 21.8 Å². The van der Waals surface area contributed by atoms with E-state index in [1.54, 1.807) is 31.3 Å². The van der Waals surface area contributed by atoms with E-state index in [4.69, 9.17) is 0 Å². The molecule has 0 unspecified atom stereocenters. The van der Waals surface area contributed by atoms with Crippen molar-refractivity contribution in [2.75, 3.05) is 0 Å². The number of carboxylic acids is 1. The number of nitrogens with zero attached hydrogens (tertiary/aromatic N) is 2. The largest absolute Gasteiger partial charge is 0.505 e. The van der Waals surface area contributed by atoms with Crippen LogP contribution < -0.4 is 5.56 Å². The van der Waals surface area contributed by atoms with E-state index >= 15 is 0 Å². The molecule has 0 bridgehead atoms. The van der Waals surface area contributed by atoms with Gasteiger partial charge in [-0.25, -0.2) is 4.79 Å². The summed E-state index contributed by atoms with van der Waals surface area (Å²) in [7, 11) is 3.12. The van der Waals surface area contributed by atoms with Crippen molar-refractivity contribution < 1.29 is 15.0 Å². The molecule has 0 saturated heterocycles. The predicted octanol–water partition coefficient (Wildman–Crippen LogP) is 1.43. The number of carboxylic acid groups (broad SMARTS) is 1. The highest BCUT2D eigenvalue weighted by molar-refractivity contribution is 6.10. The molecule has 0 atom stereocenters. The SMILES string of the molecule is Cn1c(C(=O)O)c(O)c2c(=O)n(C)c3ccccc3c21. The van der Waals surface area contributed by atoms with Gasteiger partial charge in [-0.05, 0) is 6.07 Å². The smallest absolute Gasteiger partial charge is 0.356 e. The first-order chi connectivity index (χ1) is 9.45. The molecule has 0 aliphatic carbocycles. The fourth-order valence-corrected chi connectivity index (χ4v) is 2.68. The molecule has 0 amide bonds. The second-order valence-electron chi connectivity index (χ2n) is 4.67. The van der Waals surface area contributed by atoms with E-state index in [-0.39, 0.29) is 11.1 Å². The van der Waals surface area contributed by atoms with Gasteiger partial charge < -0.3 is 19.3 Å². The Hall–Kier alpha value is -2.76. The summed E-state index contributed by atoms with van der Waals surface area (Å²) in [5.74, 6) is -1.76. The summed E-state index contributed by atoms with van der Waals surface area (Å²) in [5.41, 5.74) is 0.411. The Morgan fingerprint density at radius 3 is 2.45 bits per heavy atom. The lowest BCUT2D eigenvalue weighted by Crippen LogP contribution is -2.17. The number of aromatic hydroxyl groups is 1. The van der Waals surface area contributed by atoms with Crippen LogP contribution in [0.4, 0.5) is 0 Å². The van der Waals surface area contributed by atoms with E-state index in [2.05, 4.69) is 0 Å². The Morgan fingerprint density at radius 2 is 1.80 bits per heavy atom. The monoisotopic (exact) mass is 272 g/mol. The maximum absolute atomic E-state index is 12.3. The van der Waals surface area contributed by atoms with Crippen LogP contribution in [0.15, 0.2) is 29.1 Å². The van der Waals surface area contributed by atoms with Crippen LogP contribution in [0.1, 0.15) is 10.5 Å². The lowest BCUT2D eigenvalue weighted by Gasteiger charge is -2.07. The molecular formula is C14H12N2O4. The summed E-state index contributed by atoms with van der Waals surface area (Å²) in [6.07, 6.45) is 0. The molecule has 0 radical (unpaired) electrons. The number of para-hydroxylation sites is 1. The molecule has 2 heterocycles. The molecule has 0 aliphatic rings. The van der Waals surface area contributed by atoms with Gasteiger partial charge in [0.1, 0.15) is 5.39 Å². The maximum atomic E-state index is 12.3. The van der Waals surface area contributed by atoms with Gasteiger partial charge in [-0.3, -0.25) is 4.79 Å². The number of aromatic nitrogens is 2. The van der Waals surface area contributed by atoms with Gasteiger partial charge in [-0.2, -0.15) is 0 Å². The number of benzene rings is 1. The quantitative estimate of drug-likeness (QED) is 0.702. The second kappa shape index (κ2) is 3.86. The van der Waals surface area contributed by atoms with E-state index in [9.17, 15) is 19.8 Å². The van der Waals surface area contributed by atoms with Gasteiger partial charge in [0.2, 0.25) is 0 Å². The topological polar surface area (TPSA) is 84.5 Å². The lowest BCUT2D eigenvalue weighted by atomic mass is 10.1. The zero-order valence-electron chi connectivity index (χ0n) is 10.9. The molecule has 3 rings (SSSR count). The van der Waals surface area contributed by atoms with Crippen molar-refractivity contribution in [1.29, 1.82) is 0 Å². The lowest BCUT2D eigenvalue weighted by molar-refractivity contribution is 0.0684. The molecule has 1 aromatic carbocycles. The van der Waals surface area contributed by atoms with Crippen molar-refractivity contribution in [3.8, 4) is 5.75 Å². The molecule has 2 N–H and O–H groups in total. The Morgan fingerprint density at radius 1 is 1.15 bits per heavy atom. The molecule has 6 nitrogen and oxygen atoms in total. The van der Waals surface area contributed by atoms with Gasteiger partial charge in [0.15, 0.2) is 11.4 Å². The van der Waals surface area contributed by atoms with Crippen molar-refractivity contribution in [3.63, 3.8) is 0 Å². The van der Waals surface area contributed by atoms with Crippen LogP contribution in [-0.4, -0.2) is 25.3 Å². The predicted molar refractivity (Wildman–Crippen MR) is 74.3 cm³/mol. The summed E-state index contributed by atoms with van der Waals surface area (Å²) in [6, 6.07) is 7.17. The first kappa shape index (κ1) is 12.3. The van der Waals surface area contributed by atoms with Gasteiger partial charge in [-0.1, -0.05) is 18.2 Å². The Bertz CT molecular complexity index is 934. The zero-order chi connectivity index (χ0) is 14.6. The third kappa shape index (κ3) is 1.33. The van der Waals surface area contributed by atoms with Gasteiger partial charge in [0, 0.05) is 19.5 Å². The van der Waals surface area contributed by atoms with E-state index in [1.165, 1.54) is 16.2 Å². The van der Waals surface area contributed by atoms with E-state index in [1.807, 2.05) is 0 Å². The third-order valence-corrected chi connectivity index (χ3v) is 3.61. The standard InChI is InChI=1S/C14H12N2O4/c1-15-8-6-4-3-5-7(8)10-9(13(15)18)12(17)11(14(19)20)16(10)2/h3-6,17H,1-2H3,(H,19,20). The Balaban J connectivity index is 2.74. The van der Waals surface area contributed by atoms with Crippen molar-refractivity contribution in [3.05, 3.63) is 40.3 Å². The first-order valence-corrected chi connectivity index (χ1v) is 5.97. The molecule has 20 heavy (non-hydrogen) atoms. The number of hydrogen-bond acceptors (Lipinski definition) is 3. The Kier molecular flexibility index (Phi) is 2.37. The highest BCUT2D eigenvalue weighted by atomic mass is 16.4. The maximum Gasteiger partial charge on any atom is 0.356 e. The molecule has 3 aromatic rings. The minimum atomic E-state index is -1.27. The molecule has 102 valence electrons. The molecule has 0 saturated carbocycles. The molecule has 6 heteroatoms. The van der Waals surface area contributed by atoms with Crippen molar-refractivity contribution in [1.82, 2.24) is 9.13 Å². The van der Waals surface area contributed by atoms with Crippen LogP contribution in [0.5, 0.6) is 5.75 Å².